The summed E-state index contributed by atoms with van der Waals surface area (Å²) in [5.74, 6) is 1.61. The van der Waals surface area contributed by atoms with Gasteiger partial charge in [-0.2, -0.15) is 0 Å². The van der Waals surface area contributed by atoms with Crippen molar-refractivity contribution in [3.63, 3.8) is 0 Å². The van der Waals surface area contributed by atoms with Gasteiger partial charge in [0.1, 0.15) is 0 Å². The summed E-state index contributed by atoms with van der Waals surface area (Å²) in [5.41, 5.74) is 3.24. The summed E-state index contributed by atoms with van der Waals surface area (Å²) < 4.78 is 0. The maximum Gasteiger partial charge on any atom is 0.0952 e. The van der Waals surface area contributed by atoms with Crippen LogP contribution in [-0.2, 0) is 0 Å². The first kappa shape index (κ1) is 15.1. The summed E-state index contributed by atoms with van der Waals surface area (Å²) in [4.78, 5) is 6.99. The molecule has 122 valence electrons. The lowest BCUT2D eigenvalue weighted by Crippen LogP contribution is -2.55. The lowest BCUT2D eigenvalue weighted by atomic mass is 9.72. The van der Waals surface area contributed by atoms with E-state index >= 15 is 0 Å². The molecule has 0 spiro atoms. The molecule has 0 radical (unpaired) electrons. The summed E-state index contributed by atoms with van der Waals surface area (Å²) in [6.45, 7) is 6.70. The van der Waals surface area contributed by atoms with Crippen molar-refractivity contribution in [1.82, 2.24) is 9.88 Å². The van der Waals surface area contributed by atoms with Gasteiger partial charge in [0.15, 0.2) is 0 Å². The average Bonchev–Trinajstić information content (AvgIpc) is 2.60. The Kier molecular flexibility index (Phi) is 3.86. The van der Waals surface area contributed by atoms with Gasteiger partial charge in [0.2, 0.25) is 0 Å². The SMILES string of the molecule is CCC1CN2CCC1C[C@H]2[C@H](O)c1ccnc2ccc(C)cc12. The van der Waals surface area contributed by atoms with Gasteiger partial charge in [-0.3, -0.25) is 9.88 Å². The quantitative estimate of drug-likeness (QED) is 0.939. The van der Waals surface area contributed by atoms with Gasteiger partial charge >= 0.3 is 0 Å². The van der Waals surface area contributed by atoms with Crippen molar-refractivity contribution in [2.75, 3.05) is 13.1 Å². The van der Waals surface area contributed by atoms with Gasteiger partial charge in [-0.1, -0.05) is 25.0 Å². The maximum atomic E-state index is 11.1. The number of piperidine rings is 3. The zero-order chi connectivity index (χ0) is 16.0. The first-order valence-electron chi connectivity index (χ1n) is 8.94. The van der Waals surface area contributed by atoms with Crippen LogP contribution in [0.25, 0.3) is 10.9 Å². The topological polar surface area (TPSA) is 36.4 Å². The minimum absolute atomic E-state index is 0.266. The molecule has 0 aliphatic carbocycles. The summed E-state index contributed by atoms with van der Waals surface area (Å²) in [6, 6.07) is 8.58. The number of hydrogen-bond acceptors (Lipinski definition) is 3. The fourth-order valence-electron chi connectivity index (χ4n) is 4.72. The zero-order valence-electron chi connectivity index (χ0n) is 14.1. The normalized spacial score (nSPS) is 31.4. The van der Waals surface area contributed by atoms with Gasteiger partial charge in [0.05, 0.1) is 11.6 Å². The first-order chi connectivity index (χ1) is 11.2. The van der Waals surface area contributed by atoms with Gasteiger partial charge in [0.25, 0.3) is 0 Å². The van der Waals surface area contributed by atoms with Crippen molar-refractivity contribution in [3.05, 3.63) is 41.6 Å². The Morgan fingerprint density at radius 3 is 2.96 bits per heavy atom. The van der Waals surface area contributed by atoms with Crippen LogP contribution in [-0.4, -0.2) is 34.1 Å². The molecular formula is C20H26N2O. The van der Waals surface area contributed by atoms with E-state index in [1.807, 2.05) is 12.3 Å². The van der Waals surface area contributed by atoms with Crippen molar-refractivity contribution < 1.29 is 5.11 Å². The van der Waals surface area contributed by atoms with Crippen molar-refractivity contribution in [2.45, 2.75) is 45.3 Å². The van der Waals surface area contributed by atoms with E-state index in [1.54, 1.807) is 0 Å². The number of nitrogens with zero attached hydrogens (tertiary/aromatic N) is 2. The van der Waals surface area contributed by atoms with E-state index in [9.17, 15) is 5.11 Å². The molecule has 3 fully saturated rings. The van der Waals surface area contributed by atoms with Crippen molar-refractivity contribution in [3.8, 4) is 0 Å². The second-order valence-corrected chi connectivity index (χ2v) is 7.38. The number of hydrogen-bond donors (Lipinski definition) is 1. The van der Waals surface area contributed by atoms with Crippen molar-refractivity contribution >= 4 is 10.9 Å². The third-order valence-electron chi connectivity index (χ3n) is 6.07. The number of pyridine rings is 1. The number of fused-ring (bicyclic) bond motifs is 4. The lowest BCUT2D eigenvalue weighted by Gasteiger charge is -2.51. The van der Waals surface area contributed by atoms with Gasteiger partial charge in [-0.25, -0.2) is 0 Å². The van der Waals surface area contributed by atoms with Crippen LogP contribution >= 0.6 is 0 Å². The molecule has 3 heteroatoms. The number of aryl methyl sites for hydroxylation is 1. The predicted molar refractivity (Wildman–Crippen MR) is 93.3 cm³/mol. The largest absolute Gasteiger partial charge is 0.387 e. The molecule has 5 rings (SSSR count). The molecule has 0 amide bonds. The van der Waals surface area contributed by atoms with Crippen molar-refractivity contribution in [2.24, 2.45) is 11.8 Å². The molecule has 3 aliphatic heterocycles. The van der Waals surface area contributed by atoms with Crippen LogP contribution in [0, 0.1) is 18.8 Å². The molecule has 3 aliphatic rings. The van der Waals surface area contributed by atoms with E-state index in [1.165, 1.54) is 18.4 Å². The molecule has 1 N–H and O–H groups in total. The Bertz CT molecular complexity index is 714. The molecule has 1 aromatic carbocycles. The predicted octanol–water partition coefficient (Wildman–Crippen LogP) is 3.70. The van der Waals surface area contributed by atoms with Gasteiger partial charge in [0, 0.05) is 24.2 Å². The second-order valence-electron chi connectivity index (χ2n) is 7.38. The summed E-state index contributed by atoms with van der Waals surface area (Å²) in [7, 11) is 0. The first-order valence-corrected chi connectivity index (χ1v) is 8.94. The van der Waals surface area contributed by atoms with Crippen LogP contribution in [0.5, 0.6) is 0 Å². The smallest absolute Gasteiger partial charge is 0.0952 e. The molecule has 3 saturated heterocycles. The Balaban J connectivity index is 1.68. The Morgan fingerprint density at radius 1 is 1.35 bits per heavy atom. The summed E-state index contributed by atoms with van der Waals surface area (Å²) in [6.07, 6.45) is 5.12. The molecule has 3 nitrogen and oxygen atoms in total. The highest BCUT2D eigenvalue weighted by molar-refractivity contribution is 5.83. The standard InChI is InChI=1S/C20H26N2O/c1-3-14-12-22-9-7-15(14)11-19(22)20(23)16-6-8-21-18-5-4-13(2)10-17(16)18/h4-6,8,10,14-15,19-20,23H,3,7,9,11-12H2,1-2H3/t14?,15?,19-,20+/m0/s1. The van der Waals surface area contributed by atoms with Gasteiger partial charge < -0.3 is 5.11 Å². The average molecular weight is 310 g/mol. The van der Waals surface area contributed by atoms with Crippen LogP contribution < -0.4 is 0 Å². The number of aromatic nitrogens is 1. The number of aliphatic hydroxyl groups excluding tert-OH is 1. The monoisotopic (exact) mass is 310 g/mol. The van der Waals surface area contributed by atoms with Crippen LogP contribution in [0.15, 0.2) is 30.5 Å². The van der Waals surface area contributed by atoms with E-state index in [0.717, 1.165) is 47.8 Å². The van der Waals surface area contributed by atoms with E-state index < -0.39 is 6.10 Å². The molecule has 23 heavy (non-hydrogen) atoms. The van der Waals surface area contributed by atoms with E-state index in [0.29, 0.717) is 0 Å². The number of aliphatic hydroxyl groups is 1. The molecular weight excluding hydrogens is 284 g/mol. The third-order valence-corrected chi connectivity index (χ3v) is 6.07. The molecule has 1 aromatic heterocycles. The third kappa shape index (κ3) is 2.56. The van der Waals surface area contributed by atoms with Crippen LogP contribution in [0.2, 0.25) is 0 Å². The van der Waals surface area contributed by atoms with Crippen LogP contribution in [0.3, 0.4) is 0 Å². The summed E-state index contributed by atoms with van der Waals surface area (Å²) in [5, 5.41) is 12.3. The van der Waals surface area contributed by atoms with E-state index in [2.05, 4.69) is 41.9 Å². The van der Waals surface area contributed by atoms with Gasteiger partial charge in [-0.15, -0.1) is 0 Å². The second kappa shape index (κ2) is 5.88. The Labute approximate surface area is 138 Å². The highest BCUT2D eigenvalue weighted by atomic mass is 16.3. The zero-order valence-corrected chi connectivity index (χ0v) is 14.1. The molecule has 3 unspecified atom stereocenters. The molecule has 2 bridgehead atoms. The van der Waals surface area contributed by atoms with Crippen molar-refractivity contribution in [1.29, 1.82) is 0 Å². The number of benzene rings is 1. The fraction of sp³-hybridized carbons (Fsp3) is 0.550. The van der Waals surface area contributed by atoms with E-state index in [4.69, 9.17) is 0 Å². The highest BCUT2D eigenvalue weighted by Crippen LogP contribution is 2.42. The Hall–Kier alpha value is -1.45. The minimum Gasteiger partial charge on any atom is -0.387 e. The van der Waals surface area contributed by atoms with Crippen LogP contribution in [0.4, 0.5) is 0 Å². The molecule has 5 atom stereocenters. The van der Waals surface area contributed by atoms with Gasteiger partial charge in [-0.05, 0) is 61.9 Å². The summed E-state index contributed by atoms with van der Waals surface area (Å²) >= 11 is 0. The molecule has 2 aromatic rings. The van der Waals surface area contributed by atoms with E-state index in [-0.39, 0.29) is 6.04 Å². The highest BCUT2D eigenvalue weighted by Gasteiger charge is 2.42. The minimum atomic E-state index is -0.414. The number of rotatable bonds is 3. The van der Waals surface area contributed by atoms with Crippen LogP contribution in [0.1, 0.15) is 43.4 Å². The lowest BCUT2D eigenvalue weighted by molar-refractivity contribution is -0.0562. The Morgan fingerprint density at radius 2 is 2.22 bits per heavy atom. The molecule has 0 saturated carbocycles. The fourth-order valence-corrected chi connectivity index (χ4v) is 4.72. The maximum absolute atomic E-state index is 11.1. The molecule has 4 heterocycles.